The van der Waals surface area contributed by atoms with E-state index in [1.165, 1.54) is 65.9 Å². The van der Waals surface area contributed by atoms with Crippen LogP contribution in [0.4, 0.5) is 0 Å². The van der Waals surface area contributed by atoms with Crippen LogP contribution < -0.4 is 0 Å². The summed E-state index contributed by atoms with van der Waals surface area (Å²) in [6.45, 7) is 12.6. The molecule has 3 aliphatic rings. The Kier molecular flexibility index (Phi) is 5.62. The van der Waals surface area contributed by atoms with Crippen LogP contribution in [0.15, 0.2) is 54.2 Å². The molecule has 0 amide bonds. The van der Waals surface area contributed by atoms with Crippen LogP contribution >= 0.6 is 0 Å². The van der Waals surface area contributed by atoms with Gasteiger partial charge in [0, 0.05) is 51.7 Å². The highest BCUT2D eigenvalue weighted by Crippen LogP contribution is 2.28. The van der Waals surface area contributed by atoms with Gasteiger partial charge in [-0.05, 0) is 55.0 Å². The Morgan fingerprint density at radius 3 is 2.77 bits per heavy atom. The Hall–Kier alpha value is -2.17. The molecular weight excluding hydrogens is 368 g/mol. The average Bonchev–Trinajstić information content (AvgIpc) is 2.94. The van der Waals surface area contributed by atoms with Crippen molar-refractivity contribution < 1.29 is 0 Å². The number of imidazole rings is 1. The van der Waals surface area contributed by atoms with Crippen LogP contribution in [-0.2, 0) is 19.5 Å². The maximum atomic E-state index is 5.06. The van der Waals surface area contributed by atoms with Crippen LogP contribution in [0.5, 0.6) is 0 Å². The van der Waals surface area contributed by atoms with E-state index in [0.29, 0.717) is 0 Å². The molecule has 30 heavy (non-hydrogen) atoms. The van der Waals surface area contributed by atoms with E-state index < -0.39 is 0 Å². The molecule has 0 saturated heterocycles. The van der Waals surface area contributed by atoms with Crippen LogP contribution in [0.25, 0.3) is 11.0 Å². The van der Waals surface area contributed by atoms with Gasteiger partial charge in [-0.3, -0.25) is 9.80 Å². The van der Waals surface area contributed by atoms with Crippen LogP contribution in [0.1, 0.15) is 44.0 Å². The zero-order valence-electron chi connectivity index (χ0n) is 18.3. The summed E-state index contributed by atoms with van der Waals surface area (Å²) < 4.78 is 2.47. The molecule has 3 heterocycles. The summed E-state index contributed by atoms with van der Waals surface area (Å²) in [5, 5.41) is 0. The molecule has 4 heteroatoms. The lowest BCUT2D eigenvalue weighted by Gasteiger charge is -2.36. The SMILES string of the molecule is C=CC1=C(/C=C\C)CCN(Cc2ccc3c(c2)nc2n3CCN(C3CCC3)CC2)C1. The number of hydrogen-bond acceptors (Lipinski definition) is 3. The van der Waals surface area contributed by atoms with Crippen molar-refractivity contribution in [3.63, 3.8) is 0 Å². The molecule has 0 radical (unpaired) electrons. The molecule has 158 valence electrons. The fourth-order valence-corrected chi connectivity index (χ4v) is 5.31. The molecule has 1 fully saturated rings. The zero-order valence-corrected chi connectivity index (χ0v) is 18.3. The van der Waals surface area contributed by atoms with Gasteiger partial charge in [0.15, 0.2) is 0 Å². The Labute approximate surface area is 180 Å². The van der Waals surface area contributed by atoms with Gasteiger partial charge in [-0.1, -0.05) is 37.3 Å². The monoisotopic (exact) mass is 402 g/mol. The Bertz CT molecular complexity index is 992. The summed E-state index contributed by atoms with van der Waals surface area (Å²) in [6, 6.07) is 7.77. The molecular formula is C26H34N4. The lowest BCUT2D eigenvalue weighted by Crippen LogP contribution is -2.41. The lowest BCUT2D eigenvalue weighted by molar-refractivity contribution is 0.130. The van der Waals surface area contributed by atoms with Gasteiger partial charge in [0.05, 0.1) is 11.0 Å². The van der Waals surface area contributed by atoms with Crippen LogP contribution in [0, 0.1) is 0 Å². The van der Waals surface area contributed by atoms with E-state index in [1.807, 2.05) is 6.08 Å². The summed E-state index contributed by atoms with van der Waals surface area (Å²) in [6.07, 6.45) is 12.8. The maximum Gasteiger partial charge on any atom is 0.111 e. The van der Waals surface area contributed by atoms with Crippen LogP contribution in [0.3, 0.4) is 0 Å². The molecule has 2 aliphatic heterocycles. The average molecular weight is 403 g/mol. The normalized spacial score (nSPS) is 21.8. The molecule has 1 aromatic carbocycles. The highest BCUT2D eigenvalue weighted by molar-refractivity contribution is 5.77. The standard InChI is InChI=1S/C26H34N4/c1-3-6-22-11-13-28(19-21(22)4-2)18-20-9-10-25-24(17-20)27-26-12-14-29(15-16-30(25)26)23-7-5-8-23/h3-4,6,9-10,17,23H,2,5,7-8,11-16,18-19H2,1H3/b6-3-. The maximum absolute atomic E-state index is 5.06. The minimum Gasteiger partial charge on any atom is -0.327 e. The Morgan fingerprint density at radius 1 is 1.10 bits per heavy atom. The van der Waals surface area contributed by atoms with Crippen molar-refractivity contribution in [2.24, 2.45) is 0 Å². The second-order valence-corrected chi connectivity index (χ2v) is 9.09. The second kappa shape index (κ2) is 8.52. The van der Waals surface area contributed by atoms with Crippen LogP contribution in [0.2, 0.25) is 0 Å². The van der Waals surface area contributed by atoms with Crippen molar-refractivity contribution >= 4 is 11.0 Å². The summed E-state index contributed by atoms with van der Waals surface area (Å²) in [5.74, 6) is 1.27. The van der Waals surface area contributed by atoms with E-state index in [9.17, 15) is 0 Å². The van der Waals surface area contributed by atoms with Gasteiger partial charge in [0.2, 0.25) is 0 Å². The molecule has 0 spiro atoms. The molecule has 4 nitrogen and oxygen atoms in total. The quantitative estimate of drug-likeness (QED) is 0.724. The van der Waals surface area contributed by atoms with Gasteiger partial charge in [0.1, 0.15) is 5.82 Å². The van der Waals surface area contributed by atoms with Crippen LogP contribution in [-0.4, -0.2) is 51.6 Å². The van der Waals surface area contributed by atoms with E-state index in [1.54, 1.807) is 0 Å². The third-order valence-corrected chi connectivity index (χ3v) is 7.24. The van der Waals surface area contributed by atoms with Crippen molar-refractivity contribution in [3.8, 4) is 0 Å². The molecule has 1 saturated carbocycles. The van der Waals surface area contributed by atoms with Crippen molar-refractivity contribution in [1.82, 2.24) is 19.4 Å². The van der Waals surface area contributed by atoms with E-state index in [4.69, 9.17) is 4.98 Å². The zero-order chi connectivity index (χ0) is 20.5. The number of aromatic nitrogens is 2. The first-order valence-corrected chi connectivity index (χ1v) is 11.7. The van der Waals surface area contributed by atoms with E-state index in [2.05, 4.69) is 58.2 Å². The van der Waals surface area contributed by atoms with Gasteiger partial charge in [-0.15, -0.1) is 0 Å². The molecule has 0 unspecified atom stereocenters. The highest BCUT2D eigenvalue weighted by Gasteiger charge is 2.27. The van der Waals surface area contributed by atoms with Crippen molar-refractivity contribution in [3.05, 3.63) is 65.5 Å². The smallest absolute Gasteiger partial charge is 0.111 e. The number of fused-ring (bicyclic) bond motifs is 3. The molecule has 2 aromatic rings. The predicted molar refractivity (Wildman–Crippen MR) is 125 cm³/mol. The first-order chi connectivity index (χ1) is 14.7. The van der Waals surface area contributed by atoms with E-state index >= 15 is 0 Å². The minimum absolute atomic E-state index is 0.833. The fraction of sp³-hybridized carbons (Fsp3) is 0.500. The highest BCUT2D eigenvalue weighted by atomic mass is 15.2. The number of benzene rings is 1. The number of nitrogens with zero attached hydrogens (tertiary/aromatic N) is 4. The van der Waals surface area contributed by atoms with Gasteiger partial charge in [0.25, 0.3) is 0 Å². The summed E-state index contributed by atoms with van der Waals surface area (Å²) in [7, 11) is 0. The first kappa shape index (κ1) is 19.8. The molecule has 0 N–H and O–H groups in total. The van der Waals surface area contributed by atoms with Crippen molar-refractivity contribution in [2.45, 2.75) is 58.2 Å². The lowest BCUT2D eigenvalue weighted by atomic mass is 9.91. The topological polar surface area (TPSA) is 24.3 Å². The second-order valence-electron chi connectivity index (χ2n) is 9.09. The molecule has 0 atom stereocenters. The van der Waals surface area contributed by atoms with E-state index in [-0.39, 0.29) is 0 Å². The van der Waals surface area contributed by atoms with Gasteiger partial charge in [-0.25, -0.2) is 4.98 Å². The largest absolute Gasteiger partial charge is 0.327 e. The molecule has 1 aliphatic carbocycles. The number of rotatable bonds is 5. The number of allylic oxidation sites excluding steroid dienone is 2. The summed E-state index contributed by atoms with van der Waals surface area (Å²) in [5.41, 5.74) is 6.65. The third kappa shape index (κ3) is 3.79. The predicted octanol–water partition coefficient (Wildman–Crippen LogP) is 4.71. The van der Waals surface area contributed by atoms with Gasteiger partial charge in [-0.2, -0.15) is 0 Å². The summed E-state index contributed by atoms with van der Waals surface area (Å²) in [4.78, 5) is 10.3. The third-order valence-electron chi connectivity index (χ3n) is 7.24. The van der Waals surface area contributed by atoms with Crippen molar-refractivity contribution in [2.75, 3.05) is 26.2 Å². The Morgan fingerprint density at radius 2 is 2.00 bits per heavy atom. The first-order valence-electron chi connectivity index (χ1n) is 11.7. The molecule has 5 rings (SSSR count). The fourth-order valence-electron chi connectivity index (χ4n) is 5.31. The molecule has 0 bridgehead atoms. The van der Waals surface area contributed by atoms with E-state index in [0.717, 1.165) is 45.1 Å². The van der Waals surface area contributed by atoms with Gasteiger partial charge >= 0.3 is 0 Å². The van der Waals surface area contributed by atoms with Crippen molar-refractivity contribution in [1.29, 1.82) is 0 Å². The molecule has 1 aromatic heterocycles. The summed E-state index contributed by atoms with van der Waals surface area (Å²) >= 11 is 0. The Balaban J connectivity index is 1.30. The van der Waals surface area contributed by atoms with Gasteiger partial charge < -0.3 is 4.57 Å². The number of hydrogen-bond donors (Lipinski definition) is 0. The minimum atomic E-state index is 0.833.